The van der Waals surface area contributed by atoms with Gasteiger partial charge in [-0.1, -0.05) is 0 Å². The lowest BCUT2D eigenvalue weighted by Gasteiger charge is -2.15. The smallest absolute Gasteiger partial charge is 0.223 e. The summed E-state index contributed by atoms with van der Waals surface area (Å²) in [5.74, 6) is 0.0322. The second-order valence-corrected chi connectivity index (χ2v) is 3.46. The number of carbonyl (C=O) groups is 1. The molecular weight excluding hydrogens is 180 g/mol. The van der Waals surface area contributed by atoms with Gasteiger partial charge in [0.05, 0.1) is 11.4 Å². The average Bonchev–Trinajstić information content (AvgIpc) is 2.48. The molecule has 2 rings (SSSR count). The van der Waals surface area contributed by atoms with Gasteiger partial charge in [-0.2, -0.15) is 0 Å². The van der Waals surface area contributed by atoms with Crippen LogP contribution in [0.15, 0.2) is 12.1 Å². The van der Waals surface area contributed by atoms with Crippen LogP contribution >= 0.6 is 0 Å². The van der Waals surface area contributed by atoms with Crippen molar-refractivity contribution < 1.29 is 9.90 Å². The number of hydrogen-bond donors (Lipinski definition) is 2. The third-order valence-corrected chi connectivity index (χ3v) is 2.50. The van der Waals surface area contributed by atoms with Crippen molar-refractivity contribution in [3.05, 3.63) is 17.7 Å². The van der Waals surface area contributed by atoms with Crippen LogP contribution in [0.2, 0.25) is 0 Å². The summed E-state index contributed by atoms with van der Waals surface area (Å²) < 4.78 is 0. The second kappa shape index (κ2) is 2.90. The van der Waals surface area contributed by atoms with E-state index in [1.165, 1.54) is 6.92 Å². The Morgan fingerprint density at radius 1 is 1.57 bits per heavy atom. The molecule has 4 heteroatoms. The van der Waals surface area contributed by atoms with E-state index in [-0.39, 0.29) is 11.7 Å². The molecule has 1 amide bonds. The highest BCUT2D eigenvalue weighted by atomic mass is 16.3. The Balaban J connectivity index is 2.50. The first-order valence-electron chi connectivity index (χ1n) is 4.49. The summed E-state index contributed by atoms with van der Waals surface area (Å²) in [6.07, 6.45) is 0.805. The number of hydrogen-bond acceptors (Lipinski definition) is 3. The third kappa shape index (κ3) is 1.19. The highest BCUT2D eigenvalue weighted by molar-refractivity contribution is 5.94. The van der Waals surface area contributed by atoms with Gasteiger partial charge in [0.1, 0.15) is 5.75 Å². The van der Waals surface area contributed by atoms with Crippen molar-refractivity contribution in [3.8, 4) is 5.75 Å². The summed E-state index contributed by atoms with van der Waals surface area (Å²) in [6, 6.07) is 3.28. The first kappa shape index (κ1) is 8.87. The Morgan fingerprint density at radius 3 is 2.93 bits per heavy atom. The molecule has 1 aliphatic rings. The fourth-order valence-corrected chi connectivity index (χ4v) is 1.77. The van der Waals surface area contributed by atoms with Crippen LogP contribution in [-0.2, 0) is 11.2 Å². The molecule has 0 spiro atoms. The number of aromatic hydroxyl groups is 1. The lowest BCUT2D eigenvalue weighted by atomic mass is 10.1. The summed E-state index contributed by atoms with van der Waals surface area (Å²) in [7, 11) is 0. The molecule has 0 fully saturated rings. The van der Waals surface area contributed by atoms with Gasteiger partial charge in [-0.05, 0) is 18.1 Å². The SMILES string of the molecule is CC(=O)N1CCc2cc(N)c(O)cc21. The van der Waals surface area contributed by atoms with Crippen molar-refractivity contribution in [1.29, 1.82) is 0 Å². The van der Waals surface area contributed by atoms with E-state index in [0.29, 0.717) is 12.2 Å². The summed E-state index contributed by atoms with van der Waals surface area (Å²) in [4.78, 5) is 12.9. The van der Waals surface area contributed by atoms with Gasteiger partial charge in [-0.3, -0.25) is 4.79 Å². The van der Waals surface area contributed by atoms with E-state index >= 15 is 0 Å². The molecule has 4 nitrogen and oxygen atoms in total. The monoisotopic (exact) mass is 192 g/mol. The zero-order valence-corrected chi connectivity index (χ0v) is 7.95. The molecule has 1 aliphatic heterocycles. The molecule has 0 aromatic heterocycles. The van der Waals surface area contributed by atoms with E-state index in [4.69, 9.17) is 5.73 Å². The van der Waals surface area contributed by atoms with Crippen molar-refractivity contribution >= 4 is 17.3 Å². The number of nitrogens with two attached hydrogens (primary N) is 1. The van der Waals surface area contributed by atoms with E-state index in [2.05, 4.69) is 0 Å². The largest absolute Gasteiger partial charge is 0.506 e. The molecule has 0 bridgehead atoms. The van der Waals surface area contributed by atoms with Gasteiger partial charge in [0.15, 0.2) is 0 Å². The van der Waals surface area contributed by atoms with Crippen LogP contribution in [0.5, 0.6) is 5.75 Å². The van der Waals surface area contributed by atoms with Gasteiger partial charge in [0.25, 0.3) is 0 Å². The van der Waals surface area contributed by atoms with E-state index < -0.39 is 0 Å². The molecule has 14 heavy (non-hydrogen) atoms. The van der Waals surface area contributed by atoms with E-state index in [9.17, 15) is 9.90 Å². The predicted octanol–water partition coefficient (Wildman–Crippen LogP) is 0.883. The molecule has 0 saturated carbocycles. The molecule has 1 aromatic carbocycles. The van der Waals surface area contributed by atoms with Gasteiger partial charge in [-0.15, -0.1) is 0 Å². The minimum Gasteiger partial charge on any atom is -0.506 e. The number of rotatable bonds is 0. The summed E-state index contributed by atoms with van der Waals surface area (Å²) >= 11 is 0. The Bertz CT molecular complexity index is 401. The van der Waals surface area contributed by atoms with Gasteiger partial charge in [0.2, 0.25) is 5.91 Å². The first-order chi connectivity index (χ1) is 6.59. The van der Waals surface area contributed by atoms with E-state index in [0.717, 1.165) is 17.7 Å². The van der Waals surface area contributed by atoms with Crippen LogP contribution < -0.4 is 10.6 Å². The molecular formula is C10H12N2O2. The Kier molecular flexibility index (Phi) is 1.84. The van der Waals surface area contributed by atoms with Crippen molar-refractivity contribution in [1.82, 2.24) is 0 Å². The second-order valence-electron chi connectivity index (χ2n) is 3.46. The Labute approximate surface area is 81.9 Å². The van der Waals surface area contributed by atoms with Crippen LogP contribution in [-0.4, -0.2) is 17.6 Å². The van der Waals surface area contributed by atoms with Gasteiger partial charge < -0.3 is 15.7 Å². The lowest BCUT2D eigenvalue weighted by Crippen LogP contribution is -2.25. The molecule has 74 valence electrons. The normalized spacial score (nSPS) is 14.2. The maximum Gasteiger partial charge on any atom is 0.223 e. The van der Waals surface area contributed by atoms with Crippen molar-refractivity contribution in [2.45, 2.75) is 13.3 Å². The number of phenols is 1. The Hall–Kier alpha value is -1.71. The van der Waals surface area contributed by atoms with Crippen LogP contribution in [0.25, 0.3) is 0 Å². The van der Waals surface area contributed by atoms with Crippen LogP contribution in [0.3, 0.4) is 0 Å². The van der Waals surface area contributed by atoms with Crippen LogP contribution in [0.4, 0.5) is 11.4 Å². The fraction of sp³-hybridized carbons (Fsp3) is 0.300. The molecule has 0 aliphatic carbocycles. The maximum atomic E-state index is 11.2. The van der Waals surface area contributed by atoms with E-state index in [1.54, 1.807) is 17.0 Å². The van der Waals surface area contributed by atoms with E-state index in [1.807, 2.05) is 0 Å². The summed E-state index contributed by atoms with van der Waals surface area (Å²) in [6.45, 7) is 2.19. The number of benzene rings is 1. The summed E-state index contributed by atoms with van der Waals surface area (Å²) in [5, 5.41) is 9.42. The molecule has 1 heterocycles. The standard InChI is InChI=1S/C10H12N2O2/c1-6(13)12-3-2-7-4-8(11)10(14)5-9(7)12/h4-5,14H,2-3,11H2,1H3. The molecule has 0 unspecified atom stereocenters. The molecule has 0 saturated heterocycles. The number of carbonyl (C=O) groups excluding carboxylic acids is 1. The zero-order chi connectivity index (χ0) is 10.3. The minimum atomic E-state index is -0.00655. The maximum absolute atomic E-state index is 11.2. The number of nitrogens with zero attached hydrogens (tertiary/aromatic N) is 1. The quantitative estimate of drug-likeness (QED) is 0.473. The minimum absolute atomic E-state index is 0.00655. The fourth-order valence-electron chi connectivity index (χ4n) is 1.77. The number of anilines is 2. The van der Waals surface area contributed by atoms with Crippen LogP contribution in [0, 0.1) is 0 Å². The summed E-state index contributed by atoms with van der Waals surface area (Å²) in [5.41, 5.74) is 7.74. The zero-order valence-electron chi connectivity index (χ0n) is 7.95. The van der Waals surface area contributed by atoms with Gasteiger partial charge >= 0.3 is 0 Å². The molecule has 0 atom stereocenters. The van der Waals surface area contributed by atoms with Crippen molar-refractivity contribution in [2.24, 2.45) is 0 Å². The predicted molar refractivity (Wildman–Crippen MR) is 54.3 cm³/mol. The first-order valence-corrected chi connectivity index (χ1v) is 4.49. The number of amides is 1. The highest BCUT2D eigenvalue weighted by Crippen LogP contribution is 2.35. The van der Waals surface area contributed by atoms with Crippen LogP contribution in [0.1, 0.15) is 12.5 Å². The average molecular weight is 192 g/mol. The topological polar surface area (TPSA) is 66.6 Å². The highest BCUT2D eigenvalue weighted by Gasteiger charge is 2.23. The molecule has 3 N–H and O–H groups in total. The molecule has 0 radical (unpaired) electrons. The van der Waals surface area contributed by atoms with Crippen molar-refractivity contribution in [2.75, 3.05) is 17.2 Å². The van der Waals surface area contributed by atoms with Gasteiger partial charge in [0, 0.05) is 19.5 Å². The number of nitrogen functional groups attached to an aromatic ring is 1. The lowest BCUT2D eigenvalue weighted by molar-refractivity contribution is -0.116. The number of fused-ring (bicyclic) bond motifs is 1. The Morgan fingerprint density at radius 2 is 2.29 bits per heavy atom. The number of phenolic OH excluding ortho intramolecular Hbond substituents is 1. The van der Waals surface area contributed by atoms with Crippen molar-refractivity contribution in [3.63, 3.8) is 0 Å². The third-order valence-electron chi connectivity index (χ3n) is 2.50. The molecule has 1 aromatic rings. The van der Waals surface area contributed by atoms with Gasteiger partial charge in [-0.25, -0.2) is 0 Å².